The van der Waals surface area contributed by atoms with Crippen molar-refractivity contribution in [1.29, 1.82) is 0 Å². The number of para-hydroxylation sites is 1. The van der Waals surface area contributed by atoms with Gasteiger partial charge in [-0.15, -0.1) is 0 Å². The van der Waals surface area contributed by atoms with Gasteiger partial charge in [-0.05, 0) is 68.8 Å². The van der Waals surface area contributed by atoms with Crippen LogP contribution in [0.3, 0.4) is 0 Å². The third kappa shape index (κ3) is 5.12. The number of hydrogen-bond acceptors (Lipinski definition) is 4. The number of anilines is 2. The van der Waals surface area contributed by atoms with Gasteiger partial charge in [-0.25, -0.2) is 0 Å². The number of halogens is 1. The Kier molecular flexibility index (Phi) is 6.83. The summed E-state index contributed by atoms with van der Waals surface area (Å²) in [4.78, 5) is 14.7. The van der Waals surface area contributed by atoms with E-state index in [2.05, 4.69) is 24.1 Å². The van der Waals surface area contributed by atoms with Crippen LogP contribution in [0.15, 0.2) is 59.0 Å². The number of hydrogen-bond donors (Lipinski definition) is 1. The number of ether oxygens (including phenoxy) is 1. The number of amides is 1. The molecule has 1 N–H and O–H groups in total. The van der Waals surface area contributed by atoms with Crippen molar-refractivity contribution in [2.75, 3.05) is 23.3 Å². The Labute approximate surface area is 176 Å². The third-order valence-corrected chi connectivity index (χ3v) is 4.96. The lowest BCUT2D eigenvalue weighted by atomic mass is 10.2. The topological polar surface area (TPSA) is 54.7 Å². The molecule has 29 heavy (non-hydrogen) atoms. The smallest absolute Gasteiger partial charge is 0.291 e. The summed E-state index contributed by atoms with van der Waals surface area (Å²) in [5.41, 5.74) is 2.78. The van der Waals surface area contributed by atoms with Crippen LogP contribution in [0, 0.1) is 6.92 Å². The molecular weight excluding hydrogens is 388 g/mol. The maximum Gasteiger partial charge on any atom is 0.291 e. The van der Waals surface area contributed by atoms with E-state index in [1.165, 1.54) is 0 Å². The third-order valence-electron chi connectivity index (χ3n) is 4.66. The van der Waals surface area contributed by atoms with Crippen LogP contribution in [0.25, 0.3) is 0 Å². The van der Waals surface area contributed by atoms with E-state index in [-0.39, 0.29) is 18.3 Å². The SMILES string of the molecule is CCN(CC)c1ccc(NC(=O)c2ccc(COc3c(C)cccc3Cl)o2)cc1. The molecule has 0 spiro atoms. The summed E-state index contributed by atoms with van der Waals surface area (Å²) in [7, 11) is 0. The minimum Gasteiger partial charge on any atom is -0.484 e. The molecule has 0 bridgehead atoms. The fourth-order valence-corrected chi connectivity index (χ4v) is 3.33. The zero-order chi connectivity index (χ0) is 20.8. The van der Waals surface area contributed by atoms with E-state index < -0.39 is 0 Å². The van der Waals surface area contributed by atoms with Crippen molar-refractivity contribution in [2.45, 2.75) is 27.4 Å². The Hall–Kier alpha value is -2.92. The van der Waals surface area contributed by atoms with Gasteiger partial charge in [0.1, 0.15) is 18.1 Å². The lowest BCUT2D eigenvalue weighted by molar-refractivity contribution is 0.0992. The lowest BCUT2D eigenvalue weighted by Crippen LogP contribution is -2.21. The summed E-state index contributed by atoms with van der Waals surface area (Å²) >= 11 is 6.17. The number of furan rings is 1. The van der Waals surface area contributed by atoms with E-state index in [0.717, 1.165) is 24.3 Å². The predicted molar refractivity (Wildman–Crippen MR) is 117 cm³/mol. The average Bonchev–Trinajstić information content (AvgIpc) is 3.19. The number of nitrogens with zero attached hydrogens (tertiary/aromatic N) is 1. The molecule has 0 aliphatic carbocycles. The number of rotatable bonds is 8. The van der Waals surface area contributed by atoms with Gasteiger partial charge in [0.15, 0.2) is 5.76 Å². The highest BCUT2D eigenvalue weighted by Gasteiger charge is 2.13. The maximum atomic E-state index is 12.5. The molecule has 1 heterocycles. The van der Waals surface area contributed by atoms with Crippen LogP contribution in [0.2, 0.25) is 5.02 Å². The lowest BCUT2D eigenvalue weighted by Gasteiger charge is -2.21. The first kappa shape index (κ1) is 20.8. The van der Waals surface area contributed by atoms with Gasteiger partial charge in [-0.3, -0.25) is 4.79 Å². The molecule has 6 heteroatoms. The monoisotopic (exact) mass is 412 g/mol. The van der Waals surface area contributed by atoms with E-state index in [4.69, 9.17) is 20.8 Å². The molecule has 0 saturated heterocycles. The first-order valence-corrected chi connectivity index (χ1v) is 10.0. The van der Waals surface area contributed by atoms with Crippen LogP contribution in [-0.2, 0) is 6.61 Å². The molecule has 0 aliphatic rings. The van der Waals surface area contributed by atoms with Gasteiger partial charge in [0.25, 0.3) is 5.91 Å². The van der Waals surface area contributed by atoms with E-state index in [1.807, 2.05) is 43.3 Å². The van der Waals surface area contributed by atoms with Gasteiger partial charge in [-0.1, -0.05) is 23.7 Å². The molecule has 2 aromatic carbocycles. The number of nitrogens with one attached hydrogen (secondary N) is 1. The largest absolute Gasteiger partial charge is 0.484 e. The minimum absolute atomic E-state index is 0.191. The highest BCUT2D eigenvalue weighted by atomic mass is 35.5. The van der Waals surface area contributed by atoms with Crippen LogP contribution in [0.5, 0.6) is 5.75 Å². The van der Waals surface area contributed by atoms with Gasteiger partial charge in [0.05, 0.1) is 5.02 Å². The van der Waals surface area contributed by atoms with Crippen LogP contribution >= 0.6 is 11.6 Å². The molecule has 0 fully saturated rings. The predicted octanol–water partition coefficient (Wildman–Crippen LogP) is 5.92. The van der Waals surface area contributed by atoms with E-state index in [1.54, 1.807) is 18.2 Å². The minimum atomic E-state index is -0.305. The summed E-state index contributed by atoms with van der Waals surface area (Å²) in [6, 6.07) is 16.7. The molecule has 5 nitrogen and oxygen atoms in total. The van der Waals surface area contributed by atoms with Gasteiger partial charge >= 0.3 is 0 Å². The van der Waals surface area contributed by atoms with Gasteiger partial charge in [0, 0.05) is 24.5 Å². The van der Waals surface area contributed by atoms with Gasteiger partial charge < -0.3 is 19.4 Å². The van der Waals surface area contributed by atoms with Crippen molar-refractivity contribution in [2.24, 2.45) is 0 Å². The summed E-state index contributed by atoms with van der Waals surface area (Å²) in [6.07, 6.45) is 0. The molecule has 0 atom stereocenters. The van der Waals surface area contributed by atoms with Crippen molar-refractivity contribution >= 4 is 28.9 Å². The Balaban J connectivity index is 1.60. The highest BCUT2D eigenvalue weighted by molar-refractivity contribution is 6.32. The molecule has 1 amide bonds. The second kappa shape index (κ2) is 9.52. The quantitative estimate of drug-likeness (QED) is 0.499. The molecule has 3 aromatic rings. The Bertz CT molecular complexity index is 942. The van der Waals surface area contributed by atoms with Gasteiger partial charge in [-0.2, -0.15) is 0 Å². The summed E-state index contributed by atoms with van der Waals surface area (Å²) < 4.78 is 11.4. The number of benzene rings is 2. The second-order valence-corrected chi connectivity index (χ2v) is 7.02. The molecule has 0 aliphatic heterocycles. The van der Waals surface area contributed by atoms with Crippen molar-refractivity contribution in [3.05, 3.63) is 76.7 Å². The normalized spacial score (nSPS) is 10.6. The second-order valence-electron chi connectivity index (χ2n) is 6.61. The number of carbonyl (C=O) groups is 1. The fourth-order valence-electron chi connectivity index (χ4n) is 3.06. The average molecular weight is 413 g/mol. The fraction of sp³-hybridized carbons (Fsp3) is 0.261. The van der Waals surface area contributed by atoms with Crippen molar-refractivity contribution < 1.29 is 13.9 Å². The molecule has 0 radical (unpaired) electrons. The Morgan fingerprint density at radius 2 is 1.79 bits per heavy atom. The molecule has 1 aromatic heterocycles. The standard InChI is InChI=1S/C23H25ClN2O3/c1-4-26(5-2)18-11-9-17(10-12-18)25-23(27)21-14-13-19(29-21)15-28-22-16(3)7-6-8-20(22)24/h6-14H,4-5,15H2,1-3H3,(H,25,27). The Morgan fingerprint density at radius 3 is 2.45 bits per heavy atom. The van der Waals surface area contributed by atoms with Crippen molar-refractivity contribution in [3.8, 4) is 5.75 Å². The maximum absolute atomic E-state index is 12.5. The van der Waals surface area contributed by atoms with Crippen LogP contribution in [-0.4, -0.2) is 19.0 Å². The summed E-state index contributed by atoms with van der Waals surface area (Å²) in [5.74, 6) is 1.09. The highest BCUT2D eigenvalue weighted by Crippen LogP contribution is 2.29. The van der Waals surface area contributed by atoms with Gasteiger partial charge in [0.2, 0.25) is 0 Å². The van der Waals surface area contributed by atoms with Crippen molar-refractivity contribution in [1.82, 2.24) is 0 Å². The van der Waals surface area contributed by atoms with Crippen LogP contribution in [0.1, 0.15) is 35.7 Å². The van der Waals surface area contributed by atoms with Crippen molar-refractivity contribution in [3.63, 3.8) is 0 Å². The van der Waals surface area contributed by atoms with Crippen LogP contribution in [0.4, 0.5) is 11.4 Å². The van der Waals surface area contributed by atoms with E-state index in [0.29, 0.717) is 22.2 Å². The Morgan fingerprint density at radius 1 is 1.07 bits per heavy atom. The molecule has 0 unspecified atom stereocenters. The molecule has 152 valence electrons. The number of aryl methyl sites for hydroxylation is 1. The summed E-state index contributed by atoms with van der Waals surface area (Å²) in [5, 5.41) is 3.40. The molecule has 0 saturated carbocycles. The molecule has 3 rings (SSSR count). The first-order chi connectivity index (χ1) is 14.0. The van der Waals surface area contributed by atoms with Crippen LogP contribution < -0.4 is 15.0 Å². The molecular formula is C23H25ClN2O3. The zero-order valence-corrected chi connectivity index (χ0v) is 17.6. The summed E-state index contributed by atoms with van der Waals surface area (Å²) in [6.45, 7) is 8.22. The van der Waals surface area contributed by atoms with E-state index >= 15 is 0 Å². The zero-order valence-electron chi connectivity index (χ0n) is 16.9. The first-order valence-electron chi connectivity index (χ1n) is 9.64. The number of carbonyl (C=O) groups excluding carboxylic acids is 1. The van der Waals surface area contributed by atoms with E-state index in [9.17, 15) is 4.79 Å².